The predicted molar refractivity (Wildman–Crippen MR) is 115 cm³/mol. The monoisotopic (exact) mass is 402 g/mol. The van der Waals surface area contributed by atoms with Crippen LogP contribution in [0.5, 0.6) is 5.75 Å². The van der Waals surface area contributed by atoms with Crippen molar-refractivity contribution >= 4 is 11.6 Å². The Bertz CT molecular complexity index is 702. The van der Waals surface area contributed by atoms with Gasteiger partial charge in [-0.25, -0.2) is 0 Å². The number of likely N-dealkylation sites (tertiary alicyclic amines) is 1. The van der Waals surface area contributed by atoms with Crippen LogP contribution < -0.4 is 10.1 Å². The number of nitrogens with zero attached hydrogens (tertiary/aromatic N) is 1. The van der Waals surface area contributed by atoms with Crippen molar-refractivity contribution in [1.29, 1.82) is 0 Å². The first-order valence-corrected chi connectivity index (χ1v) is 10.6. The molecule has 1 unspecified atom stereocenters. The van der Waals surface area contributed by atoms with Gasteiger partial charge in [-0.1, -0.05) is 48.4 Å². The number of aliphatic hydroxyl groups excluding tert-OH is 1. The van der Waals surface area contributed by atoms with E-state index in [-0.39, 0.29) is 0 Å². The van der Waals surface area contributed by atoms with Crippen LogP contribution in [0, 0.1) is 0 Å². The van der Waals surface area contributed by atoms with E-state index in [2.05, 4.69) is 28.4 Å². The predicted octanol–water partition coefficient (Wildman–Crippen LogP) is 3.90. The number of halogens is 1. The van der Waals surface area contributed by atoms with Crippen molar-refractivity contribution in [3.05, 3.63) is 64.7 Å². The van der Waals surface area contributed by atoms with Gasteiger partial charge in [0.15, 0.2) is 0 Å². The lowest BCUT2D eigenvalue weighted by Gasteiger charge is -2.28. The maximum Gasteiger partial charge on any atom is 0.123 e. The Hall–Kier alpha value is -1.59. The standard InChI is InChI=1S/C23H31ClN2O2/c24-21-10-8-19(9-11-21)12-13-25-16-20-6-2-3-7-23(20)28-18-22(27)17-26-14-4-1-5-15-26/h2-3,6-11,22,25,27H,1,4-5,12-18H2. The summed E-state index contributed by atoms with van der Waals surface area (Å²) in [6.45, 7) is 4.83. The second-order valence-electron chi connectivity index (χ2n) is 7.49. The Morgan fingerprint density at radius 1 is 1.04 bits per heavy atom. The number of aliphatic hydroxyl groups is 1. The van der Waals surface area contributed by atoms with Crippen LogP contribution in [0.25, 0.3) is 0 Å². The molecule has 2 N–H and O–H groups in total. The number of ether oxygens (including phenoxy) is 1. The first-order valence-electron chi connectivity index (χ1n) is 10.3. The molecule has 1 aliphatic rings. The summed E-state index contributed by atoms with van der Waals surface area (Å²) in [7, 11) is 0. The van der Waals surface area contributed by atoms with Crippen LogP contribution in [0.3, 0.4) is 0 Å². The molecule has 0 bridgehead atoms. The molecule has 1 saturated heterocycles. The number of piperidine rings is 1. The zero-order chi connectivity index (χ0) is 19.6. The summed E-state index contributed by atoms with van der Waals surface area (Å²) in [6.07, 6.45) is 4.27. The van der Waals surface area contributed by atoms with Gasteiger partial charge in [0.05, 0.1) is 0 Å². The lowest BCUT2D eigenvalue weighted by atomic mass is 10.1. The van der Waals surface area contributed by atoms with Gasteiger partial charge in [-0.2, -0.15) is 0 Å². The van der Waals surface area contributed by atoms with E-state index in [9.17, 15) is 5.11 Å². The summed E-state index contributed by atoms with van der Waals surface area (Å²) < 4.78 is 5.94. The normalized spacial score (nSPS) is 16.1. The molecule has 1 heterocycles. The number of benzene rings is 2. The Labute approximate surface area is 173 Å². The van der Waals surface area contributed by atoms with E-state index in [0.717, 1.165) is 48.9 Å². The molecule has 1 aliphatic heterocycles. The average molecular weight is 403 g/mol. The van der Waals surface area contributed by atoms with Crippen LogP contribution in [-0.4, -0.2) is 48.9 Å². The molecule has 1 fully saturated rings. The summed E-state index contributed by atoms with van der Waals surface area (Å²) in [5, 5.41) is 14.6. The molecule has 4 nitrogen and oxygen atoms in total. The molecule has 0 amide bonds. The maximum absolute atomic E-state index is 10.3. The quantitative estimate of drug-likeness (QED) is 0.591. The largest absolute Gasteiger partial charge is 0.491 e. The van der Waals surface area contributed by atoms with Gasteiger partial charge in [-0.05, 0) is 62.7 Å². The first kappa shape index (κ1) is 21.1. The molecule has 28 heavy (non-hydrogen) atoms. The number of hydrogen-bond acceptors (Lipinski definition) is 4. The summed E-state index contributed by atoms with van der Waals surface area (Å²) in [5.41, 5.74) is 2.38. The summed E-state index contributed by atoms with van der Waals surface area (Å²) in [5.74, 6) is 0.846. The molecule has 2 aromatic rings. The zero-order valence-corrected chi connectivity index (χ0v) is 17.2. The smallest absolute Gasteiger partial charge is 0.123 e. The molecule has 0 radical (unpaired) electrons. The summed E-state index contributed by atoms with van der Waals surface area (Å²) >= 11 is 5.93. The Morgan fingerprint density at radius 2 is 1.79 bits per heavy atom. The molecule has 0 saturated carbocycles. The lowest BCUT2D eigenvalue weighted by Crippen LogP contribution is -2.38. The van der Waals surface area contributed by atoms with Crippen LogP contribution in [-0.2, 0) is 13.0 Å². The molecule has 1 atom stereocenters. The van der Waals surface area contributed by atoms with E-state index in [1.165, 1.54) is 24.8 Å². The van der Waals surface area contributed by atoms with Crippen molar-refractivity contribution in [2.45, 2.75) is 38.3 Å². The topological polar surface area (TPSA) is 44.7 Å². The zero-order valence-electron chi connectivity index (χ0n) is 16.4. The van der Waals surface area contributed by atoms with Gasteiger partial charge in [0.1, 0.15) is 18.5 Å². The SMILES string of the molecule is OC(COc1ccccc1CNCCc1ccc(Cl)cc1)CN1CCCCC1. The number of nitrogens with one attached hydrogen (secondary N) is 1. The van der Waals surface area contributed by atoms with Crippen LogP contribution in [0.4, 0.5) is 0 Å². The van der Waals surface area contributed by atoms with Gasteiger partial charge in [-0.15, -0.1) is 0 Å². The average Bonchev–Trinajstić information content (AvgIpc) is 2.72. The van der Waals surface area contributed by atoms with E-state index in [4.69, 9.17) is 16.3 Å². The fourth-order valence-electron chi connectivity index (χ4n) is 3.58. The van der Waals surface area contributed by atoms with Crippen molar-refractivity contribution < 1.29 is 9.84 Å². The van der Waals surface area contributed by atoms with Gasteiger partial charge in [0, 0.05) is 23.7 Å². The van der Waals surface area contributed by atoms with Crippen molar-refractivity contribution in [2.75, 3.05) is 32.8 Å². The van der Waals surface area contributed by atoms with E-state index in [1.54, 1.807) is 0 Å². The third kappa shape index (κ3) is 7.10. The van der Waals surface area contributed by atoms with Crippen molar-refractivity contribution in [3.63, 3.8) is 0 Å². The van der Waals surface area contributed by atoms with Crippen LogP contribution in [0.15, 0.2) is 48.5 Å². The molecule has 0 aromatic heterocycles. The Balaban J connectivity index is 1.41. The van der Waals surface area contributed by atoms with Crippen molar-refractivity contribution in [1.82, 2.24) is 10.2 Å². The number of rotatable bonds is 10. The van der Waals surface area contributed by atoms with Gasteiger partial charge >= 0.3 is 0 Å². The molecule has 3 rings (SSSR count). The molecule has 0 spiro atoms. The minimum atomic E-state index is -0.455. The molecule has 152 valence electrons. The molecule has 2 aromatic carbocycles. The highest BCUT2D eigenvalue weighted by atomic mass is 35.5. The highest BCUT2D eigenvalue weighted by Crippen LogP contribution is 2.18. The van der Waals surface area contributed by atoms with E-state index in [0.29, 0.717) is 13.2 Å². The minimum absolute atomic E-state index is 0.332. The van der Waals surface area contributed by atoms with E-state index in [1.807, 2.05) is 30.3 Å². The number of β-amino-alcohol motifs (C(OH)–C–C–N with tert-alkyl or cyclic N) is 1. The van der Waals surface area contributed by atoms with Gasteiger partial charge in [-0.3, -0.25) is 0 Å². The van der Waals surface area contributed by atoms with Crippen LogP contribution in [0.2, 0.25) is 5.02 Å². The van der Waals surface area contributed by atoms with Crippen molar-refractivity contribution in [2.24, 2.45) is 0 Å². The Kier molecular flexibility index (Phi) is 8.62. The van der Waals surface area contributed by atoms with Gasteiger partial charge in [0.2, 0.25) is 0 Å². The Morgan fingerprint density at radius 3 is 2.57 bits per heavy atom. The number of para-hydroxylation sites is 1. The highest BCUT2D eigenvalue weighted by molar-refractivity contribution is 6.30. The minimum Gasteiger partial charge on any atom is -0.491 e. The van der Waals surface area contributed by atoms with Gasteiger partial charge in [0.25, 0.3) is 0 Å². The fourth-order valence-corrected chi connectivity index (χ4v) is 3.70. The number of hydrogen-bond donors (Lipinski definition) is 2. The molecule has 5 heteroatoms. The summed E-state index contributed by atoms with van der Waals surface area (Å²) in [4.78, 5) is 2.34. The summed E-state index contributed by atoms with van der Waals surface area (Å²) in [6, 6.07) is 16.0. The van der Waals surface area contributed by atoms with E-state index < -0.39 is 6.10 Å². The van der Waals surface area contributed by atoms with Gasteiger partial charge < -0.3 is 20.1 Å². The maximum atomic E-state index is 10.3. The first-order chi connectivity index (χ1) is 13.7. The molecular weight excluding hydrogens is 372 g/mol. The third-order valence-electron chi connectivity index (χ3n) is 5.14. The second kappa shape index (κ2) is 11.4. The highest BCUT2D eigenvalue weighted by Gasteiger charge is 2.15. The van der Waals surface area contributed by atoms with E-state index >= 15 is 0 Å². The fraction of sp³-hybridized carbons (Fsp3) is 0.478. The lowest BCUT2D eigenvalue weighted by molar-refractivity contribution is 0.0614. The molecule has 0 aliphatic carbocycles. The molecular formula is C23H31ClN2O2. The van der Waals surface area contributed by atoms with Crippen LogP contribution in [0.1, 0.15) is 30.4 Å². The second-order valence-corrected chi connectivity index (χ2v) is 7.92. The van der Waals surface area contributed by atoms with Crippen LogP contribution >= 0.6 is 11.6 Å². The van der Waals surface area contributed by atoms with Crippen molar-refractivity contribution in [3.8, 4) is 5.75 Å². The third-order valence-corrected chi connectivity index (χ3v) is 5.39.